The minimum Gasteiger partial charge on any atom is -0.376 e. The summed E-state index contributed by atoms with van der Waals surface area (Å²) < 4.78 is 30.8. The highest BCUT2D eigenvalue weighted by atomic mass is 32.2. The predicted octanol–water partition coefficient (Wildman–Crippen LogP) is 1.93. The van der Waals surface area contributed by atoms with Gasteiger partial charge in [0.05, 0.1) is 24.8 Å². The predicted molar refractivity (Wildman–Crippen MR) is 97.9 cm³/mol. The van der Waals surface area contributed by atoms with Crippen molar-refractivity contribution >= 4 is 27.3 Å². The Morgan fingerprint density at radius 2 is 2.24 bits per heavy atom. The Bertz CT molecular complexity index is 669. The molecule has 8 heteroatoms. The number of ether oxygens (including phenoxy) is 1. The van der Waals surface area contributed by atoms with Crippen molar-refractivity contribution in [1.82, 2.24) is 9.21 Å². The van der Waals surface area contributed by atoms with E-state index in [9.17, 15) is 13.2 Å². The van der Waals surface area contributed by atoms with Crippen LogP contribution in [0.5, 0.6) is 0 Å². The fraction of sp³-hybridized carbons (Fsp3) is 0.706. The van der Waals surface area contributed by atoms with Crippen molar-refractivity contribution in [2.24, 2.45) is 5.92 Å². The fourth-order valence-electron chi connectivity index (χ4n) is 3.56. The molecule has 2 aliphatic heterocycles. The van der Waals surface area contributed by atoms with Gasteiger partial charge < -0.3 is 9.64 Å². The average molecular weight is 387 g/mol. The van der Waals surface area contributed by atoms with Gasteiger partial charge in [-0.25, -0.2) is 12.7 Å². The molecule has 140 valence electrons. The molecule has 0 aromatic carbocycles. The topological polar surface area (TPSA) is 66.9 Å². The molecule has 1 amide bonds. The van der Waals surface area contributed by atoms with E-state index in [4.69, 9.17) is 4.74 Å². The van der Waals surface area contributed by atoms with Crippen LogP contribution in [0.1, 0.15) is 30.6 Å². The molecule has 1 aromatic rings. The molecule has 0 N–H and O–H groups in total. The van der Waals surface area contributed by atoms with Crippen LogP contribution in [-0.2, 0) is 26.1 Å². The van der Waals surface area contributed by atoms with Crippen molar-refractivity contribution in [3.8, 4) is 0 Å². The molecule has 2 aliphatic rings. The number of carbonyl (C=O) groups is 1. The van der Waals surface area contributed by atoms with Crippen LogP contribution >= 0.6 is 11.3 Å². The lowest BCUT2D eigenvalue weighted by molar-refractivity contribution is -0.139. The number of piperidine rings is 1. The molecule has 2 fully saturated rings. The van der Waals surface area contributed by atoms with E-state index in [1.165, 1.54) is 10.6 Å². The molecule has 3 rings (SSSR count). The molecule has 0 aliphatic carbocycles. The van der Waals surface area contributed by atoms with E-state index in [-0.39, 0.29) is 17.9 Å². The maximum absolute atomic E-state index is 13.1. The van der Waals surface area contributed by atoms with E-state index in [1.54, 1.807) is 11.3 Å². The normalized spacial score (nSPS) is 25.2. The SMILES string of the molecule is CS(=O)(=O)N1CCCC(C(=O)N(Cc2cccs2)CC2CCCO2)C1. The number of nitrogens with zero attached hydrogens (tertiary/aromatic N) is 2. The summed E-state index contributed by atoms with van der Waals surface area (Å²) in [6.45, 7) is 2.73. The van der Waals surface area contributed by atoms with Crippen molar-refractivity contribution in [2.75, 3.05) is 32.5 Å². The zero-order valence-corrected chi connectivity index (χ0v) is 16.2. The quantitative estimate of drug-likeness (QED) is 0.749. The highest BCUT2D eigenvalue weighted by Gasteiger charge is 2.34. The van der Waals surface area contributed by atoms with Crippen molar-refractivity contribution in [1.29, 1.82) is 0 Å². The number of hydrogen-bond donors (Lipinski definition) is 0. The second-order valence-corrected chi connectivity index (χ2v) is 9.91. The average Bonchev–Trinajstić information content (AvgIpc) is 3.27. The first-order valence-electron chi connectivity index (χ1n) is 8.81. The summed E-state index contributed by atoms with van der Waals surface area (Å²) in [6, 6.07) is 4.02. The molecule has 6 nitrogen and oxygen atoms in total. The maximum atomic E-state index is 13.1. The van der Waals surface area contributed by atoms with Gasteiger partial charge in [-0.3, -0.25) is 4.79 Å². The molecule has 0 saturated carbocycles. The number of rotatable bonds is 6. The molecule has 2 unspecified atom stereocenters. The molecule has 0 radical (unpaired) electrons. The molecule has 3 heterocycles. The minimum atomic E-state index is -3.25. The Balaban J connectivity index is 1.70. The van der Waals surface area contributed by atoms with Crippen molar-refractivity contribution in [3.05, 3.63) is 22.4 Å². The van der Waals surface area contributed by atoms with Gasteiger partial charge in [0.15, 0.2) is 0 Å². The van der Waals surface area contributed by atoms with Gasteiger partial charge in [-0.05, 0) is 37.1 Å². The van der Waals surface area contributed by atoms with Gasteiger partial charge in [0.1, 0.15) is 0 Å². The highest BCUT2D eigenvalue weighted by molar-refractivity contribution is 7.88. The Morgan fingerprint density at radius 3 is 2.88 bits per heavy atom. The van der Waals surface area contributed by atoms with E-state index in [0.29, 0.717) is 26.2 Å². The summed E-state index contributed by atoms with van der Waals surface area (Å²) in [5.74, 6) is -0.206. The second-order valence-electron chi connectivity index (χ2n) is 6.89. The van der Waals surface area contributed by atoms with Gasteiger partial charge in [-0.15, -0.1) is 11.3 Å². The number of thiophene rings is 1. The van der Waals surface area contributed by atoms with E-state index in [0.717, 1.165) is 37.2 Å². The van der Waals surface area contributed by atoms with Crippen LogP contribution in [0.4, 0.5) is 0 Å². The number of sulfonamides is 1. The van der Waals surface area contributed by atoms with Crippen LogP contribution in [0.2, 0.25) is 0 Å². The van der Waals surface area contributed by atoms with E-state index in [2.05, 4.69) is 0 Å². The van der Waals surface area contributed by atoms with Crippen LogP contribution in [0.15, 0.2) is 17.5 Å². The number of amides is 1. The molecular weight excluding hydrogens is 360 g/mol. The van der Waals surface area contributed by atoms with Gasteiger partial charge in [0.2, 0.25) is 15.9 Å². The van der Waals surface area contributed by atoms with Gasteiger partial charge in [0.25, 0.3) is 0 Å². The van der Waals surface area contributed by atoms with E-state index in [1.807, 2.05) is 22.4 Å². The first kappa shape index (κ1) is 18.8. The van der Waals surface area contributed by atoms with E-state index >= 15 is 0 Å². The lowest BCUT2D eigenvalue weighted by Gasteiger charge is -2.34. The fourth-order valence-corrected chi connectivity index (χ4v) is 5.19. The summed E-state index contributed by atoms with van der Waals surface area (Å²) in [7, 11) is -3.25. The first-order chi connectivity index (χ1) is 11.9. The third-order valence-corrected chi connectivity index (χ3v) is 7.02. The highest BCUT2D eigenvalue weighted by Crippen LogP contribution is 2.24. The minimum absolute atomic E-state index is 0.0530. The summed E-state index contributed by atoms with van der Waals surface area (Å²) in [5.41, 5.74) is 0. The monoisotopic (exact) mass is 386 g/mol. The van der Waals surface area contributed by atoms with Crippen molar-refractivity contribution in [3.63, 3.8) is 0 Å². The molecular formula is C17H26N2O4S2. The zero-order valence-electron chi connectivity index (χ0n) is 14.6. The Hall–Kier alpha value is -0.960. The van der Waals surface area contributed by atoms with Crippen LogP contribution in [0, 0.1) is 5.92 Å². The Labute approximate surface area is 153 Å². The van der Waals surface area contributed by atoms with Gasteiger partial charge in [-0.2, -0.15) is 0 Å². The lowest BCUT2D eigenvalue weighted by Crippen LogP contribution is -2.47. The third kappa shape index (κ3) is 5.03. The summed E-state index contributed by atoms with van der Waals surface area (Å²) in [5, 5.41) is 2.01. The molecule has 2 atom stereocenters. The lowest BCUT2D eigenvalue weighted by atomic mass is 9.97. The van der Waals surface area contributed by atoms with Crippen LogP contribution in [-0.4, -0.2) is 62.1 Å². The van der Waals surface area contributed by atoms with E-state index < -0.39 is 10.0 Å². The molecule has 0 spiro atoms. The summed E-state index contributed by atoms with van der Waals surface area (Å²) >= 11 is 1.64. The standard InChI is InChI=1S/C17H26N2O4S2/c1-25(21,22)19-8-2-5-14(11-19)17(20)18(12-15-6-3-9-23-15)13-16-7-4-10-24-16/h4,7,10,14-15H,2-3,5-6,8-9,11-13H2,1H3. The van der Waals surface area contributed by atoms with Crippen LogP contribution in [0.25, 0.3) is 0 Å². The molecule has 0 bridgehead atoms. The smallest absolute Gasteiger partial charge is 0.227 e. The van der Waals surface area contributed by atoms with Gasteiger partial charge in [-0.1, -0.05) is 6.07 Å². The van der Waals surface area contributed by atoms with Crippen molar-refractivity contribution in [2.45, 2.75) is 38.3 Å². The zero-order chi connectivity index (χ0) is 17.9. The maximum Gasteiger partial charge on any atom is 0.227 e. The molecule has 2 saturated heterocycles. The first-order valence-corrected chi connectivity index (χ1v) is 11.5. The second kappa shape index (κ2) is 8.16. The molecule has 1 aromatic heterocycles. The number of carbonyl (C=O) groups excluding carboxylic acids is 1. The van der Waals surface area contributed by atoms with Crippen LogP contribution in [0.3, 0.4) is 0 Å². The number of hydrogen-bond acceptors (Lipinski definition) is 5. The molecule has 25 heavy (non-hydrogen) atoms. The van der Waals surface area contributed by atoms with Gasteiger partial charge in [0, 0.05) is 31.1 Å². The summed E-state index contributed by atoms with van der Waals surface area (Å²) in [4.78, 5) is 16.2. The summed E-state index contributed by atoms with van der Waals surface area (Å²) in [6.07, 6.45) is 4.81. The third-order valence-electron chi connectivity index (χ3n) is 4.89. The largest absolute Gasteiger partial charge is 0.376 e. The Kier molecular flexibility index (Phi) is 6.14. The Morgan fingerprint density at radius 1 is 1.40 bits per heavy atom. The van der Waals surface area contributed by atoms with Gasteiger partial charge >= 0.3 is 0 Å². The van der Waals surface area contributed by atoms with Crippen LogP contribution < -0.4 is 0 Å². The van der Waals surface area contributed by atoms with Crippen molar-refractivity contribution < 1.29 is 17.9 Å².